The number of esters is 1. The molecule has 0 bridgehead atoms. The van der Waals surface area contributed by atoms with E-state index in [0.29, 0.717) is 6.54 Å². The molecule has 0 unspecified atom stereocenters. The van der Waals surface area contributed by atoms with Gasteiger partial charge in [0, 0.05) is 25.2 Å². The average Bonchev–Trinajstić information content (AvgIpc) is 3.24. The Labute approximate surface area is 196 Å². The van der Waals surface area contributed by atoms with Crippen LogP contribution in [-0.4, -0.2) is 39.2 Å². The van der Waals surface area contributed by atoms with Gasteiger partial charge in [-0.15, -0.1) is 0 Å². The Morgan fingerprint density at radius 2 is 1.82 bits per heavy atom. The summed E-state index contributed by atoms with van der Waals surface area (Å²) >= 11 is 0. The van der Waals surface area contributed by atoms with E-state index in [0.717, 1.165) is 62.3 Å². The van der Waals surface area contributed by atoms with Gasteiger partial charge in [0.15, 0.2) is 0 Å². The zero-order chi connectivity index (χ0) is 23.6. The molecule has 2 aromatic carbocycles. The lowest BCUT2D eigenvalue weighted by Gasteiger charge is -2.24. The Morgan fingerprint density at radius 3 is 2.52 bits per heavy atom. The lowest BCUT2D eigenvalue weighted by Crippen LogP contribution is -2.25. The molecule has 3 aromatic rings. The molecule has 0 saturated carbocycles. The maximum absolute atomic E-state index is 12.0. The first kappa shape index (κ1) is 24.5. The number of imidazole rings is 1. The van der Waals surface area contributed by atoms with Crippen molar-refractivity contribution in [2.24, 2.45) is 0 Å². The van der Waals surface area contributed by atoms with E-state index in [1.807, 2.05) is 30.5 Å². The predicted octanol–water partition coefficient (Wildman–Crippen LogP) is 5.64. The number of ether oxygens (including phenoxy) is 1. The molecule has 6 heteroatoms. The minimum Gasteiger partial charge on any atom is -0.507 e. The second kappa shape index (κ2) is 12.2. The van der Waals surface area contributed by atoms with Gasteiger partial charge in [-0.2, -0.15) is 0 Å². The molecule has 33 heavy (non-hydrogen) atoms. The van der Waals surface area contributed by atoms with Gasteiger partial charge >= 0.3 is 5.97 Å². The average molecular weight is 450 g/mol. The molecule has 0 radical (unpaired) electrons. The second-order valence-corrected chi connectivity index (χ2v) is 8.35. The van der Waals surface area contributed by atoms with Crippen LogP contribution in [0.25, 0.3) is 11.4 Å². The number of nitrogens with zero attached hydrogens (tertiary/aromatic N) is 3. The van der Waals surface area contributed by atoms with Crippen molar-refractivity contribution in [2.75, 3.05) is 13.7 Å². The molecule has 0 aliphatic rings. The van der Waals surface area contributed by atoms with Crippen molar-refractivity contribution in [3.63, 3.8) is 0 Å². The highest BCUT2D eigenvalue weighted by Gasteiger charge is 2.17. The first-order chi connectivity index (χ1) is 16.1. The maximum Gasteiger partial charge on any atom is 0.341 e. The Balaban J connectivity index is 1.87. The van der Waals surface area contributed by atoms with E-state index < -0.39 is 5.97 Å². The molecular formula is C27H35N3O3. The van der Waals surface area contributed by atoms with Gasteiger partial charge < -0.3 is 14.4 Å². The highest BCUT2D eigenvalue weighted by atomic mass is 16.5. The molecule has 176 valence electrons. The van der Waals surface area contributed by atoms with E-state index in [1.165, 1.54) is 12.8 Å². The molecule has 0 atom stereocenters. The number of hydrogen-bond donors (Lipinski definition) is 1. The monoisotopic (exact) mass is 449 g/mol. The summed E-state index contributed by atoms with van der Waals surface area (Å²) in [5, 5.41) is 10.1. The SMILES string of the molecule is CCCCN(Cc1ccc(O)c(C(=O)OC)c1)Cc1cnc(-c2ccccc2)n1CCCC. The summed E-state index contributed by atoms with van der Waals surface area (Å²) in [5.41, 5.74) is 3.48. The Kier molecular flexibility index (Phi) is 9.07. The number of carbonyl (C=O) groups excluding carboxylic acids is 1. The topological polar surface area (TPSA) is 67.6 Å². The number of methoxy groups -OCH3 is 1. The number of aromatic hydroxyl groups is 1. The van der Waals surface area contributed by atoms with E-state index >= 15 is 0 Å². The van der Waals surface area contributed by atoms with Gasteiger partial charge in [-0.05, 0) is 37.1 Å². The number of rotatable bonds is 12. The fourth-order valence-electron chi connectivity index (χ4n) is 3.96. The number of aromatic nitrogens is 2. The summed E-state index contributed by atoms with van der Waals surface area (Å²) in [6.45, 7) is 7.69. The van der Waals surface area contributed by atoms with Crippen molar-refractivity contribution in [3.8, 4) is 17.1 Å². The number of unbranched alkanes of at least 4 members (excludes halogenated alkanes) is 2. The van der Waals surface area contributed by atoms with Crippen LogP contribution in [0.15, 0.2) is 54.7 Å². The molecule has 0 saturated heterocycles. The molecule has 1 N–H and O–H groups in total. The maximum atomic E-state index is 12.0. The minimum absolute atomic E-state index is 0.0594. The fourth-order valence-corrected chi connectivity index (χ4v) is 3.96. The quantitative estimate of drug-likeness (QED) is 0.362. The van der Waals surface area contributed by atoms with Gasteiger partial charge in [0.25, 0.3) is 0 Å². The first-order valence-electron chi connectivity index (χ1n) is 11.8. The van der Waals surface area contributed by atoms with Crippen LogP contribution in [0.1, 0.15) is 61.1 Å². The van der Waals surface area contributed by atoms with E-state index in [2.05, 4.69) is 35.4 Å². The highest BCUT2D eigenvalue weighted by molar-refractivity contribution is 5.92. The van der Waals surface area contributed by atoms with Gasteiger partial charge in [-0.3, -0.25) is 4.90 Å². The van der Waals surface area contributed by atoms with Gasteiger partial charge in [0.1, 0.15) is 17.1 Å². The van der Waals surface area contributed by atoms with E-state index in [-0.39, 0.29) is 11.3 Å². The molecular weight excluding hydrogens is 414 g/mol. The lowest BCUT2D eigenvalue weighted by atomic mass is 10.1. The van der Waals surface area contributed by atoms with Crippen LogP contribution in [0.2, 0.25) is 0 Å². The third-order valence-electron chi connectivity index (χ3n) is 5.79. The molecule has 0 aliphatic carbocycles. The number of hydrogen-bond acceptors (Lipinski definition) is 5. The summed E-state index contributed by atoms with van der Waals surface area (Å²) < 4.78 is 7.15. The van der Waals surface area contributed by atoms with Crippen molar-refractivity contribution in [2.45, 2.75) is 59.2 Å². The zero-order valence-electron chi connectivity index (χ0n) is 20.0. The number of phenolic OH excluding ortho intramolecular Hbond substituents is 1. The minimum atomic E-state index is -0.528. The van der Waals surface area contributed by atoms with E-state index in [9.17, 15) is 9.90 Å². The summed E-state index contributed by atoms with van der Waals surface area (Å²) in [5.74, 6) is 0.419. The van der Waals surface area contributed by atoms with Crippen molar-refractivity contribution < 1.29 is 14.6 Å². The Hall–Kier alpha value is -3.12. The molecule has 1 heterocycles. The largest absolute Gasteiger partial charge is 0.507 e. The van der Waals surface area contributed by atoms with Crippen molar-refractivity contribution in [1.82, 2.24) is 14.5 Å². The van der Waals surface area contributed by atoms with Crippen molar-refractivity contribution >= 4 is 5.97 Å². The van der Waals surface area contributed by atoms with Gasteiger partial charge in [-0.25, -0.2) is 9.78 Å². The summed E-state index contributed by atoms with van der Waals surface area (Å²) in [7, 11) is 1.32. The molecule has 6 nitrogen and oxygen atoms in total. The van der Waals surface area contributed by atoms with Gasteiger partial charge in [-0.1, -0.05) is 63.1 Å². The molecule has 1 aromatic heterocycles. The second-order valence-electron chi connectivity index (χ2n) is 8.35. The lowest BCUT2D eigenvalue weighted by molar-refractivity contribution is 0.0597. The van der Waals surface area contributed by atoms with Crippen molar-refractivity contribution in [3.05, 3.63) is 71.5 Å². The van der Waals surface area contributed by atoms with Crippen LogP contribution in [0.5, 0.6) is 5.75 Å². The van der Waals surface area contributed by atoms with Crippen LogP contribution in [0, 0.1) is 0 Å². The summed E-state index contributed by atoms with van der Waals surface area (Å²) in [6.07, 6.45) is 6.39. The molecule has 0 aliphatic heterocycles. The Bertz CT molecular complexity index is 1030. The normalized spacial score (nSPS) is 11.2. The van der Waals surface area contributed by atoms with Crippen molar-refractivity contribution in [1.29, 1.82) is 0 Å². The third-order valence-corrected chi connectivity index (χ3v) is 5.79. The summed E-state index contributed by atoms with van der Waals surface area (Å²) in [6, 6.07) is 15.5. The summed E-state index contributed by atoms with van der Waals surface area (Å²) in [4.78, 5) is 19.2. The molecule has 3 rings (SSSR count). The number of phenols is 1. The smallest absolute Gasteiger partial charge is 0.341 e. The molecule has 0 spiro atoms. The third kappa shape index (κ3) is 6.45. The predicted molar refractivity (Wildman–Crippen MR) is 131 cm³/mol. The highest BCUT2D eigenvalue weighted by Crippen LogP contribution is 2.24. The van der Waals surface area contributed by atoms with E-state index in [4.69, 9.17) is 9.72 Å². The standard InChI is InChI=1S/C27H35N3O3/c1-4-6-15-29(19-21-13-14-25(31)24(17-21)27(32)33-3)20-23-18-28-26(30(23)16-7-5-2)22-11-9-8-10-12-22/h8-14,17-18,31H,4-7,15-16,19-20H2,1-3H3. The van der Waals surface area contributed by atoms with Crippen LogP contribution in [0.4, 0.5) is 0 Å². The fraction of sp³-hybridized carbons (Fsp3) is 0.407. The zero-order valence-corrected chi connectivity index (χ0v) is 20.0. The van der Waals surface area contributed by atoms with Crippen LogP contribution >= 0.6 is 0 Å². The number of carbonyl (C=O) groups is 1. The van der Waals surface area contributed by atoms with Crippen LogP contribution in [0.3, 0.4) is 0 Å². The molecule has 0 fully saturated rings. The number of benzene rings is 2. The first-order valence-corrected chi connectivity index (χ1v) is 11.8. The Morgan fingerprint density at radius 1 is 1.06 bits per heavy atom. The van der Waals surface area contributed by atoms with Gasteiger partial charge in [0.2, 0.25) is 0 Å². The van der Waals surface area contributed by atoms with Crippen LogP contribution < -0.4 is 0 Å². The van der Waals surface area contributed by atoms with E-state index in [1.54, 1.807) is 12.1 Å². The van der Waals surface area contributed by atoms with Crippen LogP contribution in [-0.2, 0) is 24.4 Å². The molecule has 0 amide bonds. The van der Waals surface area contributed by atoms with Gasteiger partial charge in [0.05, 0.1) is 19.0 Å².